The van der Waals surface area contributed by atoms with Crippen molar-refractivity contribution in [3.8, 4) is 11.1 Å². The number of hydrogen-bond acceptors (Lipinski definition) is 5. The van der Waals surface area contributed by atoms with Crippen LogP contribution in [-0.2, 0) is 20.2 Å². The fourth-order valence-electron chi connectivity index (χ4n) is 3.68. The molecule has 0 bridgehead atoms. The first-order chi connectivity index (χ1) is 14.2. The molecule has 1 amide bonds. The van der Waals surface area contributed by atoms with Crippen LogP contribution in [0.1, 0.15) is 11.1 Å². The molecule has 0 radical (unpaired) electrons. The number of nitrogens with two attached hydrogens (primary N) is 1. The molecular formula is C23H21N3O3S. The number of carbonyl (C=O) groups is 1. The molecular weight excluding hydrogens is 398 g/mol. The molecule has 1 aliphatic rings. The lowest BCUT2D eigenvalue weighted by Gasteiger charge is -2.26. The fraction of sp³-hybridized carbons (Fsp3) is 0.130. The molecule has 1 heterocycles. The number of likely N-dealkylation sites (N-methyl/N-ethyl adjacent to an activating group) is 1. The smallest absolute Gasteiger partial charge is 0.266 e. The average molecular weight is 420 g/mol. The Balaban J connectivity index is 1.86. The van der Waals surface area contributed by atoms with E-state index >= 15 is 0 Å². The Bertz CT molecular complexity index is 1250. The number of rotatable bonds is 4. The lowest BCUT2D eigenvalue weighted by atomic mass is 9.82. The Hall–Kier alpha value is -3.45. The molecule has 7 heteroatoms. The summed E-state index contributed by atoms with van der Waals surface area (Å²) in [4.78, 5) is 19.5. The van der Waals surface area contributed by atoms with Crippen molar-refractivity contribution in [1.82, 2.24) is 4.90 Å². The number of benzene rings is 3. The minimum absolute atomic E-state index is 0.159. The van der Waals surface area contributed by atoms with Crippen molar-refractivity contribution in [2.24, 2.45) is 10.7 Å². The lowest BCUT2D eigenvalue weighted by molar-refractivity contribution is -0.129. The van der Waals surface area contributed by atoms with Gasteiger partial charge in [-0.25, -0.2) is 13.4 Å². The highest BCUT2D eigenvalue weighted by atomic mass is 32.2. The molecule has 4 rings (SSSR count). The van der Waals surface area contributed by atoms with Crippen LogP contribution in [0.4, 0.5) is 0 Å². The van der Waals surface area contributed by atoms with Crippen LogP contribution >= 0.6 is 0 Å². The van der Waals surface area contributed by atoms with Gasteiger partial charge in [-0.1, -0.05) is 60.7 Å². The van der Waals surface area contributed by atoms with Gasteiger partial charge in [0.25, 0.3) is 5.91 Å². The second kappa shape index (κ2) is 7.11. The second-order valence-electron chi connectivity index (χ2n) is 7.29. The van der Waals surface area contributed by atoms with Crippen LogP contribution < -0.4 is 5.73 Å². The highest BCUT2D eigenvalue weighted by molar-refractivity contribution is 7.90. The van der Waals surface area contributed by atoms with Gasteiger partial charge in [0, 0.05) is 13.3 Å². The Kier molecular flexibility index (Phi) is 4.70. The Morgan fingerprint density at radius 1 is 0.867 bits per heavy atom. The number of carbonyl (C=O) groups excluding carboxylic acids is 1. The van der Waals surface area contributed by atoms with E-state index in [0.717, 1.165) is 16.7 Å². The van der Waals surface area contributed by atoms with Crippen LogP contribution in [0.15, 0.2) is 88.8 Å². The summed E-state index contributed by atoms with van der Waals surface area (Å²) in [6, 6.07) is 23.5. The van der Waals surface area contributed by atoms with Crippen molar-refractivity contribution in [3.05, 3.63) is 90.0 Å². The molecule has 1 aliphatic heterocycles. The van der Waals surface area contributed by atoms with E-state index in [2.05, 4.69) is 4.99 Å². The van der Waals surface area contributed by atoms with E-state index < -0.39 is 15.4 Å². The second-order valence-corrected chi connectivity index (χ2v) is 9.30. The molecule has 0 saturated carbocycles. The van der Waals surface area contributed by atoms with Crippen LogP contribution in [0.2, 0.25) is 0 Å². The van der Waals surface area contributed by atoms with E-state index in [1.807, 2.05) is 54.6 Å². The van der Waals surface area contributed by atoms with Crippen molar-refractivity contribution >= 4 is 21.7 Å². The number of sulfone groups is 1. The largest absolute Gasteiger partial charge is 0.369 e. The minimum Gasteiger partial charge on any atom is -0.369 e. The predicted molar refractivity (Wildman–Crippen MR) is 117 cm³/mol. The monoisotopic (exact) mass is 419 g/mol. The molecule has 0 saturated heterocycles. The Labute approximate surface area is 175 Å². The molecule has 6 nitrogen and oxygen atoms in total. The molecule has 3 aromatic rings. The Morgan fingerprint density at radius 2 is 1.50 bits per heavy atom. The summed E-state index contributed by atoms with van der Waals surface area (Å²) in [5.74, 6) is -0.0671. The van der Waals surface area contributed by atoms with Crippen molar-refractivity contribution in [3.63, 3.8) is 0 Å². The molecule has 0 aliphatic carbocycles. The zero-order valence-corrected chi connectivity index (χ0v) is 17.4. The van der Waals surface area contributed by atoms with Gasteiger partial charge in [-0.05, 0) is 40.5 Å². The normalized spacial score (nSPS) is 19.1. The molecule has 1 atom stereocenters. The van der Waals surface area contributed by atoms with Gasteiger partial charge in [-0.3, -0.25) is 9.69 Å². The zero-order valence-electron chi connectivity index (χ0n) is 16.6. The topological polar surface area (TPSA) is 92.8 Å². The van der Waals surface area contributed by atoms with E-state index in [1.54, 1.807) is 31.3 Å². The van der Waals surface area contributed by atoms with Crippen LogP contribution in [0, 0.1) is 0 Å². The molecule has 0 spiro atoms. The van der Waals surface area contributed by atoms with E-state index in [9.17, 15) is 13.2 Å². The number of guanidine groups is 1. The zero-order chi connectivity index (χ0) is 21.5. The van der Waals surface area contributed by atoms with E-state index in [-0.39, 0.29) is 16.8 Å². The van der Waals surface area contributed by atoms with Gasteiger partial charge in [0.15, 0.2) is 21.3 Å². The van der Waals surface area contributed by atoms with Crippen molar-refractivity contribution < 1.29 is 13.2 Å². The predicted octanol–water partition coefficient (Wildman–Crippen LogP) is 2.79. The SMILES string of the molecule is CN1C(=O)C(c2ccccc2)(c2cccc(-c3ccc(S(C)(=O)=O)cc3)c2)N=C1N. The van der Waals surface area contributed by atoms with Gasteiger partial charge in [0.1, 0.15) is 0 Å². The molecule has 1 unspecified atom stereocenters. The van der Waals surface area contributed by atoms with Gasteiger partial charge in [-0.2, -0.15) is 0 Å². The molecule has 0 aromatic heterocycles. The standard InChI is InChI=1S/C23H21N3O3S/c1-26-21(27)23(25-22(26)24,18-8-4-3-5-9-18)19-10-6-7-17(15-19)16-11-13-20(14-12-16)30(2,28)29/h3-15H,1-2H3,(H2,24,25). The van der Waals surface area contributed by atoms with Crippen molar-refractivity contribution in [2.45, 2.75) is 10.4 Å². The third-order valence-corrected chi connectivity index (χ3v) is 6.46. The molecule has 152 valence electrons. The minimum atomic E-state index is -3.27. The first kappa shape index (κ1) is 19.8. The summed E-state index contributed by atoms with van der Waals surface area (Å²) in [7, 11) is -1.66. The highest BCUT2D eigenvalue weighted by Gasteiger charge is 2.49. The quantitative estimate of drug-likeness (QED) is 0.704. The van der Waals surface area contributed by atoms with Gasteiger partial charge in [-0.15, -0.1) is 0 Å². The van der Waals surface area contributed by atoms with Gasteiger partial charge in [0.05, 0.1) is 4.90 Å². The Morgan fingerprint density at radius 3 is 2.07 bits per heavy atom. The molecule has 3 aromatic carbocycles. The number of amides is 1. The molecule has 0 fully saturated rings. The van der Waals surface area contributed by atoms with E-state index in [1.165, 1.54) is 11.2 Å². The van der Waals surface area contributed by atoms with Gasteiger partial charge >= 0.3 is 0 Å². The first-order valence-electron chi connectivity index (χ1n) is 9.33. The summed E-state index contributed by atoms with van der Waals surface area (Å²) in [6.07, 6.45) is 1.18. The van der Waals surface area contributed by atoms with Crippen molar-refractivity contribution in [1.29, 1.82) is 0 Å². The summed E-state index contributed by atoms with van der Waals surface area (Å²) >= 11 is 0. The van der Waals surface area contributed by atoms with E-state index in [0.29, 0.717) is 5.56 Å². The van der Waals surface area contributed by atoms with Crippen LogP contribution in [0.3, 0.4) is 0 Å². The van der Waals surface area contributed by atoms with Crippen LogP contribution in [0.25, 0.3) is 11.1 Å². The summed E-state index contributed by atoms with van der Waals surface area (Å²) in [5.41, 5.74) is 7.86. The third-order valence-electron chi connectivity index (χ3n) is 5.33. The maximum Gasteiger partial charge on any atom is 0.266 e. The summed E-state index contributed by atoms with van der Waals surface area (Å²) < 4.78 is 23.5. The summed E-state index contributed by atoms with van der Waals surface area (Å²) in [5, 5.41) is 0. The highest BCUT2D eigenvalue weighted by Crippen LogP contribution is 2.40. The first-order valence-corrected chi connectivity index (χ1v) is 11.2. The maximum absolute atomic E-state index is 13.3. The van der Waals surface area contributed by atoms with Crippen LogP contribution in [0.5, 0.6) is 0 Å². The number of hydrogen-bond donors (Lipinski definition) is 1. The average Bonchev–Trinajstić information content (AvgIpc) is 2.99. The number of nitrogens with zero attached hydrogens (tertiary/aromatic N) is 2. The molecule has 30 heavy (non-hydrogen) atoms. The third kappa shape index (κ3) is 3.17. The fourth-order valence-corrected chi connectivity index (χ4v) is 4.31. The van der Waals surface area contributed by atoms with Crippen molar-refractivity contribution in [2.75, 3.05) is 13.3 Å². The summed E-state index contributed by atoms with van der Waals surface area (Å²) in [6.45, 7) is 0. The van der Waals surface area contributed by atoms with Crippen LogP contribution in [-0.4, -0.2) is 38.5 Å². The van der Waals surface area contributed by atoms with E-state index in [4.69, 9.17) is 5.73 Å². The lowest BCUT2D eigenvalue weighted by Crippen LogP contribution is -2.41. The van der Waals surface area contributed by atoms with Gasteiger partial charge < -0.3 is 5.73 Å². The molecule has 2 N–H and O–H groups in total. The number of aliphatic imine (C=N–C) groups is 1. The maximum atomic E-state index is 13.3. The van der Waals surface area contributed by atoms with Gasteiger partial charge in [0.2, 0.25) is 0 Å².